The van der Waals surface area contributed by atoms with Gasteiger partial charge >= 0.3 is 17.9 Å². The Kier molecular flexibility index (Phi) is 43.8. The molecule has 3 aliphatic rings. The van der Waals surface area contributed by atoms with Gasteiger partial charge in [-0.25, -0.2) is 4.79 Å². The van der Waals surface area contributed by atoms with Gasteiger partial charge in [-0.1, -0.05) is 21.3 Å². The van der Waals surface area contributed by atoms with Gasteiger partial charge in [-0.05, 0) is 32.6 Å². The van der Waals surface area contributed by atoms with Gasteiger partial charge < -0.3 is 131 Å². The average Bonchev–Trinajstić information content (AvgIpc) is 0.770. The van der Waals surface area contributed by atoms with E-state index in [1.807, 2.05) is 0 Å². The maximum absolute atomic E-state index is 12.6. The van der Waals surface area contributed by atoms with Crippen LogP contribution in [0, 0.1) is 0 Å². The lowest BCUT2D eigenvalue weighted by atomic mass is 9.88. The van der Waals surface area contributed by atoms with E-state index in [1.165, 1.54) is 6.92 Å². The number of aliphatic hydroxyl groups is 9. The van der Waals surface area contributed by atoms with Gasteiger partial charge in [0, 0.05) is 91.2 Å². The molecule has 7 unspecified atom stereocenters. The molecule has 0 aromatic rings. The van der Waals surface area contributed by atoms with Gasteiger partial charge in [0.15, 0.2) is 29.9 Å². The Morgan fingerprint density at radius 1 is 0.538 bits per heavy atom. The summed E-state index contributed by atoms with van der Waals surface area (Å²) in [6, 6.07) is -2.87. The molecule has 3 fully saturated rings. The number of carboxylic acid groups (broad SMARTS) is 3. The van der Waals surface area contributed by atoms with Gasteiger partial charge in [-0.2, -0.15) is 0 Å². The Morgan fingerprint density at radius 3 is 1.57 bits per heavy atom. The van der Waals surface area contributed by atoms with Crippen LogP contribution in [-0.2, 0) is 100 Å². The number of carbonyl (C=O) groups excluding carboxylic acids is 12. The molecule has 594 valence electrons. The summed E-state index contributed by atoms with van der Waals surface area (Å²) in [5.74, 6) is -13.7. The van der Waals surface area contributed by atoms with Gasteiger partial charge in [0.05, 0.1) is 51.6 Å². The number of nitrogens with one attached hydrogen (secondary N) is 6. The number of aliphatic hydroxyl groups excluding tert-OH is 9. The molecule has 3 aliphatic heterocycles. The standard InChI is InChI=1S/C39H65N3O22.C23H35N5O11.CH4/c1-4-20(47)14-40-26(51)11-6-5-9-21(48)10-7-8-12-59-36-28(42-19(3)46)31(54)34(24(16-44)61-36)63-37-33(56)32(55)30(53)25(62-37)17-60-39(38(57)58)13-22(49)27(41-18(2)45)35(64-39)29(52)23(50)15-43;1-3-20(34)27(13-22(36)37)11-18(32)26-10-16(30)6-8-21(35)28(14-23(38)39)12-19(33)25-9-15(29)5-7-17(31)24-4-2;/h22-25,27-37,43-44,49-50,52-56H,4-17H2,1-3H3,(H,40,51)(H,41,45)(H,42,46)(H,57,58);3-14H2,1-2H3,(H,24,31)(H,25,33)(H,26,32)(H,36,37)(H,38,39);1H4/t22-,23?,24?,25?,27-,28?,29?,30+,31-,32+,33?,34-,35?,36-,37+,39-;;/m1../s1. The van der Waals surface area contributed by atoms with Crippen LogP contribution in [-0.4, -0.2) is 336 Å². The summed E-state index contributed by atoms with van der Waals surface area (Å²) in [7, 11) is 0. The molecule has 0 aliphatic carbocycles. The van der Waals surface area contributed by atoms with E-state index >= 15 is 0 Å². The van der Waals surface area contributed by atoms with Crippen molar-refractivity contribution in [3.63, 3.8) is 0 Å². The van der Waals surface area contributed by atoms with Crippen LogP contribution >= 0.6 is 0 Å². The highest BCUT2D eigenvalue weighted by molar-refractivity contribution is 5.94. The number of carbonyl (C=O) groups is 15. The van der Waals surface area contributed by atoms with E-state index < -0.39 is 241 Å². The summed E-state index contributed by atoms with van der Waals surface area (Å²) < 4.78 is 34.2. The summed E-state index contributed by atoms with van der Waals surface area (Å²) in [5.41, 5.74) is 0. The minimum absolute atomic E-state index is 0. The van der Waals surface area contributed by atoms with Crippen LogP contribution in [0.1, 0.15) is 132 Å². The summed E-state index contributed by atoms with van der Waals surface area (Å²) in [6.45, 7) is 0.845. The maximum atomic E-state index is 12.6. The third-order valence-electron chi connectivity index (χ3n) is 15.9. The number of ether oxygens (including phenoxy) is 6. The number of unbranched alkanes of at least 4 members (excludes halogenated alkanes) is 2. The molecule has 0 radical (unpaired) electrons. The Labute approximate surface area is 598 Å². The van der Waals surface area contributed by atoms with Gasteiger partial charge in [-0.15, -0.1) is 0 Å². The molecular weight excluding hydrogens is 1400 g/mol. The Hall–Kier alpha value is -7.75. The van der Waals surface area contributed by atoms with Crippen LogP contribution in [0.3, 0.4) is 0 Å². The van der Waals surface area contributed by atoms with Gasteiger partial charge in [0.2, 0.25) is 47.3 Å². The number of hydrogen-bond acceptors (Lipinski definition) is 30. The van der Waals surface area contributed by atoms with Crippen molar-refractivity contribution in [3.8, 4) is 0 Å². The van der Waals surface area contributed by atoms with Gasteiger partial charge in [-0.3, -0.25) is 67.1 Å². The highest BCUT2D eigenvalue weighted by atomic mass is 16.8. The molecule has 0 bridgehead atoms. The molecule has 0 aromatic carbocycles. The van der Waals surface area contributed by atoms with Crippen molar-refractivity contribution in [1.82, 2.24) is 41.7 Å². The number of nitrogens with zero attached hydrogens (tertiary/aromatic N) is 2. The third-order valence-corrected chi connectivity index (χ3v) is 15.9. The van der Waals surface area contributed by atoms with E-state index in [1.54, 1.807) is 13.8 Å². The smallest absolute Gasteiger partial charge is 0.364 e. The van der Waals surface area contributed by atoms with E-state index in [0.29, 0.717) is 43.5 Å². The fourth-order valence-electron chi connectivity index (χ4n) is 10.3. The van der Waals surface area contributed by atoms with Crippen LogP contribution < -0.4 is 31.9 Å². The van der Waals surface area contributed by atoms with Crippen molar-refractivity contribution in [3.05, 3.63) is 0 Å². The molecule has 3 saturated heterocycles. The Balaban J connectivity index is 0.00000116. The second-order valence-corrected chi connectivity index (χ2v) is 24.2. The summed E-state index contributed by atoms with van der Waals surface area (Å²) >= 11 is 0. The zero-order valence-electron chi connectivity index (χ0n) is 57.9. The van der Waals surface area contributed by atoms with E-state index in [-0.39, 0.29) is 82.5 Å². The van der Waals surface area contributed by atoms with E-state index in [4.69, 9.17) is 38.6 Å². The van der Waals surface area contributed by atoms with Crippen molar-refractivity contribution < 1.29 is 162 Å². The largest absolute Gasteiger partial charge is 0.480 e. The molecule has 18 N–H and O–H groups in total. The minimum Gasteiger partial charge on any atom is -0.480 e. The summed E-state index contributed by atoms with van der Waals surface area (Å²) in [5, 5.41) is 138. The topological polar surface area (TPSA) is 633 Å². The fraction of sp³-hybridized carbons (Fsp3) is 0.762. The van der Waals surface area contributed by atoms with Gasteiger partial charge in [0.1, 0.15) is 99.0 Å². The van der Waals surface area contributed by atoms with Crippen LogP contribution in [0.4, 0.5) is 0 Å². The number of aliphatic carboxylic acids is 3. The lowest BCUT2D eigenvalue weighted by molar-refractivity contribution is -0.360. The SMILES string of the molecule is C.CCC(=O)CNC(=O)CCCCC(=O)CCCCO[C@@H]1OC(CO)[C@@H](O[C@@H]2OC(CO[C@]3(C(=O)O)C[C@@H](O)[C@@H](NC(C)=O)C(C(O)C(O)CO)O3)[C@H](O)[C@H](O)C2O)[C@H](O)C1NC(C)=O.CCNC(=O)CCC(=O)CNC(=O)CN(CC(=O)O)C(=O)CCC(=O)CNC(=O)CN(CC(=O)O)C(=O)CC. The number of ketones is 4. The number of hydrogen-bond donors (Lipinski definition) is 18. The van der Waals surface area contributed by atoms with E-state index in [9.17, 15) is 123 Å². The first-order valence-corrected chi connectivity index (χ1v) is 33.3. The summed E-state index contributed by atoms with van der Waals surface area (Å²) in [4.78, 5) is 179. The predicted octanol–water partition coefficient (Wildman–Crippen LogP) is -7.73. The zero-order chi connectivity index (χ0) is 77.8. The lowest BCUT2D eigenvalue weighted by Gasteiger charge is -2.48. The second kappa shape index (κ2) is 48.4. The molecule has 16 atom stereocenters. The van der Waals surface area contributed by atoms with Crippen molar-refractivity contribution in [1.29, 1.82) is 0 Å². The fourth-order valence-corrected chi connectivity index (χ4v) is 10.3. The second-order valence-electron chi connectivity index (χ2n) is 24.2. The Morgan fingerprint density at radius 2 is 1.05 bits per heavy atom. The monoisotopic (exact) mass is 1500 g/mol. The first kappa shape index (κ1) is 94.3. The van der Waals surface area contributed by atoms with Crippen LogP contribution in [0.15, 0.2) is 0 Å². The number of amides is 8. The highest BCUT2D eigenvalue weighted by Gasteiger charge is 2.57. The average molecular weight is 1500 g/mol. The molecule has 0 spiro atoms. The van der Waals surface area contributed by atoms with E-state index in [2.05, 4.69) is 31.9 Å². The quantitative estimate of drug-likeness (QED) is 0.0252. The van der Waals surface area contributed by atoms with E-state index in [0.717, 1.165) is 18.7 Å². The number of rotatable bonds is 46. The number of Topliss-reactive ketones (excluding diaryl/α,β-unsaturated/α-hetero) is 4. The number of carboxylic acids is 3. The van der Waals surface area contributed by atoms with Gasteiger partial charge in [0.25, 0.3) is 5.79 Å². The predicted molar refractivity (Wildman–Crippen MR) is 350 cm³/mol. The molecule has 41 heteroatoms. The molecule has 0 saturated carbocycles. The molecule has 41 nitrogen and oxygen atoms in total. The van der Waals surface area contributed by atoms with Crippen LogP contribution in [0.5, 0.6) is 0 Å². The van der Waals surface area contributed by atoms with Crippen molar-refractivity contribution >= 4 is 88.3 Å². The zero-order valence-corrected chi connectivity index (χ0v) is 57.9. The normalized spacial score (nSPS) is 24.7. The van der Waals surface area contributed by atoms with Crippen molar-refractivity contribution in [2.75, 3.05) is 78.8 Å². The molecular formula is C63H104N8O33. The summed E-state index contributed by atoms with van der Waals surface area (Å²) in [6.07, 6.45) is -23.1. The van der Waals surface area contributed by atoms with Crippen molar-refractivity contribution in [2.45, 2.75) is 230 Å². The molecule has 104 heavy (non-hydrogen) atoms. The minimum atomic E-state index is -2.87. The molecule has 3 rings (SSSR count). The first-order chi connectivity index (χ1) is 48.5. The van der Waals surface area contributed by atoms with Crippen molar-refractivity contribution in [2.24, 2.45) is 0 Å². The lowest BCUT2D eigenvalue weighted by Crippen LogP contribution is -2.69. The highest BCUT2D eigenvalue weighted by Crippen LogP contribution is 2.36. The molecule has 3 heterocycles. The molecule has 8 amide bonds. The third kappa shape index (κ3) is 33.1. The first-order valence-electron chi connectivity index (χ1n) is 33.3. The maximum Gasteiger partial charge on any atom is 0.364 e. The van der Waals surface area contributed by atoms with Crippen LogP contribution in [0.25, 0.3) is 0 Å². The Bertz CT molecular complexity index is 2860. The van der Waals surface area contributed by atoms with Crippen LogP contribution in [0.2, 0.25) is 0 Å². The molecule has 0 aromatic heterocycles.